The first-order valence-corrected chi connectivity index (χ1v) is 10.0. The molecule has 1 aromatic heterocycles. The van der Waals surface area contributed by atoms with E-state index in [1.165, 1.54) is 18.4 Å². The number of fused-ring (bicyclic) bond motifs is 1. The van der Waals surface area contributed by atoms with Gasteiger partial charge < -0.3 is 14.8 Å². The lowest BCUT2D eigenvalue weighted by Crippen LogP contribution is -2.37. The van der Waals surface area contributed by atoms with Crippen molar-refractivity contribution in [2.24, 2.45) is 5.41 Å². The number of carbonyl (C=O) groups is 2. The third-order valence-corrected chi connectivity index (χ3v) is 5.98. The molecule has 0 saturated heterocycles. The third-order valence-electron chi connectivity index (χ3n) is 5.29. The molecule has 1 N–H and O–H groups in total. The Hall–Kier alpha value is -3.19. The van der Waals surface area contributed by atoms with Gasteiger partial charge in [-0.25, -0.2) is 9.78 Å². The van der Waals surface area contributed by atoms with Crippen LogP contribution < -0.4 is 10.1 Å². The van der Waals surface area contributed by atoms with Gasteiger partial charge in [-0.3, -0.25) is 4.79 Å². The zero-order chi connectivity index (χ0) is 20.4. The van der Waals surface area contributed by atoms with Crippen molar-refractivity contribution in [1.29, 1.82) is 0 Å². The van der Waals surface area contributed by atoms with E-state index in [0.29, 0.717) is 17.3 Å². The molecule has 29 heavy (non-hydrogen) atoms. The third kappa shape index (κ3) is 3.61. The van der Waals surface area contributed by atoms with Gasteiger partial charge in [0.1, 0.15) is 5.75 Å². The molecule has 3 aromatic rings. The van der Waals surface area contributed by atoms with Gasteiger partial charge >= 0.3 is 6.16 Å². The first-order valence-electron chi connectivity index (χ1n) is 9.16. The van der Waals surface area contributed by atoms with E-state index in [-0.39, 0.29) is 11.8 Å². The molecule has 6 nitrogen and oxygen atoms in total. The number of anilines is 1. The van der Waals surface area contributed by atoms with Gasteiger partial charge in [-0.1, -0.05) is 36.4 Å². The maximum atomic E-state index is 13.3. The number of nitrogens with one attached hydrogen (secondary N) is 1. The molecular formula is C22H20N2O4S. The van der Waals surface area contributed by atoms with Gasteiger partial charge in [0, 0.05) is 17.5 Å². The summed E-state index contributed by atoms with van der Waals surface area (Å²) in [6.07, 6.45) is 1.40. The fourth-order valence-electron chi connectivity index (χ4n) is 3.99. The van der Waals surface area contributed by atoms with Crippen LogP contribution in [0.15, 0.2) is 60.1 Å². The lowest BCUT2D eigenvalue weighted by Gasteiger charge is -2.30. The fourth-order valence-corrected chi connectivity index (χ4v) is 4.51. The monoisotopic (exact) mass is 408 g/mol. The van der Waals surface area contributed by atoms with Crippen LogP contribution >= 0.6 is 11.3 Å². The molecule has 1 heterocycles. The molecular weight excluding hydrogens is 388 g/mol. The maximum Gasteiger partial charge on any atom is 0.513 e. The lowest BCUT2D eigenvalue weighted by atomic mass is 9.73. The van der Waals surface area contributed by atoms with Gasteiger partial charge in [-0.05, 0) is 42.2 Å². The number of hydrogen-bond donors (Lipinski definition) is 1. The van der Waals surface area contributed by atoms with E-state index in [1.807, 2.05) is 54.8 Å². The molecule has 7 heteroatoms. The first kappa shape index (κ1) is 19.1. The maximum absolute atomic E-state index is 13.3. The Morgan fingerprint density at radius 1 is 1.21 bits per heavy atom. The summed E-state index contributed by atoms with van der Waals surface area (Å²) in [6.45, 7) is 1.97. The van der Waals surface area contributed by atoms with Crippen molar-refractivity contribution in [2.45, 2.75) is 19.3 Å². The smallest absolute Gasteiger partial charge is 0.437 e. The zero-order valence-electron chi connectivity index (χ0n) is 16.0. The highest BCUT2D eigenvalue weighted by Crippen LogP contribution is 2.52. The van der Waals surface area contributed by atoms with Crippen molar-refractivity contribution >= 4 is 28.5 Å². The molecule has 2 atom stereocenters. The highest BCUT2D eigenvalue weighted by atomic mass is 32.1. The number of amides is 1. The Morgan fingerprint density at radius 3 is 2.69 bits per heavy atom. The summed E-state index contributed by atoms with van der Waals surface area (Å²) in [7, 11) is 1.27. The molecule has 0 fully saturated rings. The number of nitrogens with zero attached hydrogens (tertiary/aromatic N) is 1. The van der Waals surface area contributed by atoms with Gasteiger partial charge in [0.05, 0.1) is 12.5 Å². The Kier molecular flexibility index (Phi) is 5.07. The van der Waals surface area contributed by atoms with Crippen molar-refractivity contribution in [3.63, 3.8) is 0 Å². The fraction of sp³-hybridized carbons (Fsp3) is 0.227. The van der Waals surface area contributed by atoms with Crippen LogP contribution in [0.3, 0.4) is 0 Å². The molecule has 4 rings (SSSR count). The van der Waals surface area contributed by atoms with E-state index < -0.39 is 11.6 Å². The molecule has 1 aliphatic carbocycles. The van der Waals surface area contributed by atoms with Crippen molar-refractivity contribution < 1.29 is 19.1 Å². The van der Waals surface area contributed by atoms with Crippen LogP contribution in [-0.4, -0.2) is 24.2 Å². The summed E-state index contributed by atoms with van der Waals surface area (Å²) in [4.78, 5) is 29.0. The van der Waals surface area contributed by atoms with Crippen molar-refractivity contribution in [2.75, 3.05) is 12.4 Å². The SMILES string of the molecule is COC(=O)Oc1ccc2c(c1)C[C@@](C)(C(=O)Nc1nccs1)[C@H]2c1ccccc1. The molecule has 2 aromatic carbocycles. The number of hydrogen-bond acceptors (Lipinski definition) is 6. The Bertz CT molecular complexity index is 1040. The van der Waals surface area contributed by atoms with Gasteiger partial charge in [0.15, 0.2) is 5.13 Å². The number of aromatic nitrogens is 1. The molecule has 1 aliphatic rings. The molecule has 0 aliphatic heterocycles. The minimum atomic E-state index is -0.771. The molecule has 0 unspecified atom stereocenters. The standard InChI is InChI=1S/C22H20N2O4S/c1-22(19(25)24-20-23-10-11-29-20)13-15-12-16(28-21(26)27-2)8-9-17(15)18(22)14-6-4-3-5-7-14/h3-12,18H,13H2,1-2H3,(H,23,24,25)/t18-,22+/m0/s1. The average molecular weight is 408 g/mol. The van der Waals surface area contributed by atoms with E-state index in [2.05, 4.69) is 15.0 Å². The van der Waals surface area contributed by atoms with Crippen LogP contribution in [0.5, 0.6) is 5.75 Å². The second kappa shape index (κ2) is 7.67. The summed E-state index contributed by atoms with van der Waals surface area (Å²) in [5.41, 5.74) is 2.35. The zero-order valence-corrected chi connectivity index (χ0v) is 16.9. The van der Waals surface area contributed by atoms with Crippen LogP contribution in [0.2, 0.25) is 0 Å². The predicted octanol–water partition coefficient (Wildman–Crippen LogP) is 4.62. The van der Waals surface area contributed by atoms with E-state index in [1.54, 1.807) is 12.3 Å². The van der Waals surface area contributed by atoms with Crippen molar-refractivity contribution in [1.82, 2.24) is 4.98 Å². The normalized spacial score (nSPS) is 20.0. The van der Waals surface area contributed by atoms with Crippen molar-refractivity contribution in [3.05, 3.63) is 76.8 Å². The second-order valence-electron chi connectivity index (χ2n) is 7.15. The summed E-state index contributed by atoms with van der Waals surface area (Å²) in [5.74, 6) is 0.172. The molecule has 0 saturated carbocycles. The summed E-state index contributed by atoms with van der Waals surface area (Å²) in [5, 5.41) is 5.36. The number of ether oxygens (including phenoxy) is 2. The Balaban J connectivity index is 1.73. The van der Waals surface area contributed by atoms with E-state index in [0.717, 1.165) is 16.7 Å². The highest BCUT2D eigenvalue weighted by Gasteiger charge is 2.49. The summed E-state index contributed by atoms with van der Waals surface area (Å²) in [6, 6.07) is 15.4. The molecule has 0 spiro atoms. The Morgan fingerprint density at radius 2 is 2.00 bits per heavy atom. The number of methoxy groups -OCH3 is 1. The van der Waals surface area contributed by atoms with E-state index in [4.69, 9.17) is 4.74 Å². The van der Waals surface area contributed by atoms with Crippen LogP contribution in [0, 0.1) is 5.41 Å². The van der Waals surface area contributed by atoms with Crippen LogP contribution in [-0.2, 0) is 16.0 Å². The number of rotatable bonds is 4. The molecule has 148 valence electrons. The number of benzene rings is 2. The minimum absolute atomic E-state index is 0.0899. The van der Waals surface area contributed by atoms with Gasteiger partial charge in [0.25, 0.3) is 0 Å². The molecule has 1 amide bonds. The lowest BCUT2D eigenvalue weighted by molar-refractivity contribution is -0.125. The molecule has 0 radical (unpaired) electrons. The van der Waals surface area contributed by atoms with Crippen LogP contribution in [0.25, 0.3) is 0 Å². The van der Waals surface area contributed by atoms with E-state index in [9.17, 15) is 9.59 Å². The van der Waals surface area contributed by atoms with E-state index >= 15 is 0 Å². The Labute approximate surface area is 172 Å². The number of thiazole rings is 1. The summed E-state index contributed by atoms with van der Waals surface area (Å²) < 4.78 is 9.74. The molecule has 0 bridgehead atoms. The largest absolute Gasteiger partial charge is 0.513 e. The van der Waals surface area contributed by atoms with Crippen LogP contribution in [0.1, 0.15) is 29.5 Å². The number of carbonyl (C=O) groups excluding carboxylic acids is 2. The second-order valence-corrected chi connectivity index (χ2v) is 8.04. The average Bonchev–Trinajstić information content (AvgIpc) is 3.33. The topological polar surface area (TPSA) is 77.5 Å². The summed E-state index contributed by atoms with van der Waals surface area (Å²) >= 11 is 1.39. The van der Waals surface area contributed by atoms with Crippen LogP contribution in [0.4, 0.5) is 9.93 Å². The first-order chi connectivity index (χ1) is 14.0. The van der Waals surface area contributed by atoms with Gasteiger partial charge in [-0.2, -0.15) is 0 Å². The van der Waals surface area contributed by atoms with Crippen molar-refractivity contribution in [3.8, 4) is 5.75 Å². The van der Waals surface area contributed by atoms with Gasteiger partial charge in [0.2, 0.25) is 5.91 Å². The van der Waals surface area contributed by atoms with Gasteiger partial charge in [-0.15, -0.1) is 11.3 Å². The predicted molar refractivity (Wildman–Crippen MR) is 110 cm³/mol. The quantitative estimate of drug-likeness (QED) is 0.503. The minimum Gasteiger partial charge on any atom is -0.437 e. The highest BCUT2D eigenvalue weighted by molar-refractivity contribution is 7.13.